The average Bonchev–Trinajstić information content (AvgIpc) is 2.88. The van der Waals surface area contributed by atoms with Crippen molar-refractivity contribution >= 4 is 21.8 Å². The first kappa shape index (κ1) is 11.2. The van der Waals surface area contributed by atoms with E-state index in [1.807, 2.05) is 30.2 Å². The molecule has 2 aromatic heterocycles. The Morgan fingerprint density at radius 1 is 1.00 bits per heavy atom. The Morgan fingerprint density at radius 2 is 1.95 bits per heavy atom. The summed E-state index contributed by atoms with van der Waals surface area (Å²) in [5.41, 5.74) is 4.58. The number of benzene rings is 2. The molecule has 4 aromatic rings. The van der Waals surface area contributed by atoms with E-state index in [4.69, 9.17) is 0 Å². The minimum Gasteiger partial charge on any atom is -0.268 e. The first-order valence-electron chi connectivity index (χ1n) is 6.59. The number of aromatic nitrogens is 3. The summed E-state index contributed by atoms with van der Waals surface area (Å²) in [7, 11) is 1.97. The van der Waals surface area contributed by atoms with Crippen LogP contribution in [0.4, 0.5) is 0 Å². The molecule has 0 bridgehead atoms. The van der Waals surface area contributed by atoms with Crippen LogP contribution in [0.2, 0.25) is 0 Å². The maximum absolute atomic E-state index is 4.37. The van der Waals surface area contributed by atoms with Gasteiger partial charge in [0.25, 0.3) is 0 Å². The van der Waals surface area contributed by atoms with Gasteiger partial charge in [0.05, 0.1) is 17.2 Å². The molecule has 0 aliphatic heterocycles. The smallest absolute Gasteiger partial charge is 0.0702 e. The second-order valence-corrected chi connectivity index (χ2v) is 4.92. The molecule has 2 aromatic carbocycles. The monoisotopic (exact) mass is 259 g/mol. The molecule has 0 saturated carbocycles. The van der Waals surface area contributed by atoms with Gasteiger partial charge in [0, 0.05) is 24.0 Å². The van der Waals surface area contributed by atoms with Gasteiger partial charge in [-0.25, -0.2) is 0 Å². The summed E-state index contributed by atoms with van der Waals surface area (Å²) in [5, 5.41) is 6.69. The van der Waals surface area contributed by atoms with E-state index in [9.17, 15) is 0 Å². The maximum atomic E-state index is 4.37. The highest BCUT2D eigenvalue weighted by Crippen LogP contribution is 2.29. The lowest BCUT2D eigenvalue weighted by molar-refractivity contribution is 0.797. The average molecular weight is 259 g/mol. The number of hydrogen-bond donors (Lipinski definition) is 0. The van der Waals surface area contributed by atoms with Gasteiger partial charge in [0.2, 0.25) is 0 Å². The van der Waals surface area contributed by atoms with Crippen molar-refractivity contribution in [3.05, 3.63) is 60.9 Å². The lowest BCUT2D eigenvalue weighted by Crippen LogP contribution is -1.88. The summed E-state index contributed by atoms with van der Waals surface area (Å²) < 4.78 is 1.90. The minimum atomic E-state index is 1.02. The predicted octanol–water partition coefficient (Wildman–Crippen LogP) is 3.79. The van der Waals surface area contributed by atoms with Gasteiger partial charge in [-0.1, -0.05) is 24.3 Å². The fourth-order valence-electron chi connectivity index (χ4n) is 2.67. The Balaban J connectivity index is 2.01. The third-order valence-corrected chi connectivity index (χ3v) is 3.71. The van der Waals surface area contributed by atoms with Gasteiger partial charge in [-0.2, -0.15) is 5.10 Å². The molecule has 0 radical (unpaired) electrons. The molecule has 3 heteroatoms. The van der Waals surface area contributed by atoms with Crippen LogP contribution in [0.3, 0.4) is 0 Å². The number of aryl methyl sites for hydroxylation is 1. The molecule has 0 unspecified atom stereocenters. The van der Waals surface area contributed by atoms with E-state index in [-0.39, 0.29) is 0 Å². The van der Waals surface area contributed by atoms with Crippen LogP contribution >= 0.6 is 0 Å². The zero-order valence-corrected chi connectivity index (χ0v) is 11.1. The summed E-state index contributed by atoms with van der Waals surface area (Å²) in [6, 6.07) is 16.7. The van der Waals surface area contributed by atoms with Crippen LogP contribution in [0.25, 0.3) is 32.9 Å². The van der Waals surface area contributed by atoms with E-state index in [1.54, 1.807) is 0 Å². The van der Waals surface area contributed by atoms with E-state index in [2.05, 4.69) is 52.5 Å². The number of fused-ring (bicyclic) bond motifs is 2. The van der Waals surface area contributed by atoms with Crippen LogP contribution in [0.5, 0.6) is 0 Å². The molecule has 0 N–H and O–H groups in total. The molecular formula is C17H13N3. The van der Waals surface area contributed by atoms with Crippen LogP contribution in [-0.2, 0) is 7.05 Å². The van der Waals surface area contributed by atoms with E-state index in [0.717, 1.165) is 16.4 Å². The highest BCUT2D eigenvalue weighted by molar-refractivity contribution is 5.96. The third kappa shape index (κ3) is 1.60. The lowest BCUT2D eigenvalue weighted by atomic mass is 10.0. The van der Waals surface area contributed by atoms with Gasteiger partial charge in [0.1, 0.15) is 0 Å². The Labute approximate surface area is 116 Å². The summed E-state index contributed by atoms with van der Waals surface area (Å²) in [5.74, 6) is 0. The molecule has 0 atom stereocenters. The van der Waals surface area contributed by atoms with Gasteiger partial charge in [-0.3, -0.25) is 9.67 Å². The molecule has 2 heterocycles. The molecule has 4 rings (SSSR count). The van der Waals surface area contributed by atoms with Crippen LogP contribution < -0.4 is 0 Å². The van der Waals surface area contributed by atoms with Crippen LogP contribution in [-0.4, -0.2) is 14.8 Å². The molecular weight excluding hydrogens is 246 g/mol. The summed E-state index contributed by atoms with van der Waals surface area (Å²) in [6.45, 7) is 0. The SMILES string of the molecule is Cn1ncc2c(-c3ccc4ncccc4c3)cccc21. The molecule has 0 amide bonds. The Morgan fingerprint density at radius 3 is 2.90 bits per heavy atom. The van der Waals surface area contributed by atoms with Crippen molar-refractivity contribution in [2.24, 2.45) is 7.05 Å². The van der Waals surface area contributed by atoms with Gasteiger partial charge >= 0.3 is 0 Å². The van der Waals surface area contributed by atoms with Crippen molar-refractivity contribution in [3.63, 3.8) is 0 Å². The molecule has 0 aliphatic rings. The predicted molar refractivity (Wildman–Crippen MR) is 81.5 cm³/mol. The normalized spacial score (nSPS) is 11.2. The third-order valence-electron chi connectivity index (χ3n) is 3.71. The number of pyridine rings is 1. The van der Waals surface area contributed by atoms with Crippen molar-refractivity contribution in [2.75, 3.05) is 0 Å². The highest BCUT2D eigenvalue weighted by Gasteiger charge is 2.07. The number of hydrogen-bond acceptors (Lipinski definition) is 2. The van der Waals surface area contributed by atoms with Crippen molar-refractivity contribution < 1.29 is 0 Å². The quantitative estimate of drug-likeness (QED) is 0.520. The van der Waals surface area contributed by atoms with Gasteiger partial charge < -0.3 is 0 Å². The molecule has 20 heavy (non-hydrogen) atoms. The highest BCUT2D eigenvalue weighted by atomic mass is 15.2. The Kier molecular flexibility index (Phi) is 2.33. The van der Waals surface area contributed by atoms with E-state index >= 15 is 0 Å². The van der Waals surface area contributed by atoms with Gasteiger partial charge in [-0.05, 0) is 35.4 Å². The van der Waals surface area contributed by atoms with Crippen LogP contribution in [0.1, 0.15) is 0 Å². The maximum Gasteiger partial charge on any atom is 0.0702 e. The summed E-state index contributed by atoms with van der Waals surface area (Å²) >= 11 is 0. The van der Waals surface area contributed by atoms with Gasteiger partial charge in [0.15, 0.2) is 0 Å². The molecule has 0 saturated heterocycles. The molecule has 0 fully saturated rings. The molecule has 0 spiro atoms. The van der Waals surface area contributed by atoms with Crippen molar-refractivity contribution in [3.8, 4) is 11.1 Å². The fourth-order valence-corrected chi connectivity index (χ4v) is 2.67. The molecule has 96 valence electrons. The second-order valence-electron chi connectivity index (χ2n) is 4.92. The first-order valence-corrected chi connectivity index (χ1v) is 6.59. The van der Waals surface area contributed by atoms with Crippen LogP contribution in [0.15, 0.2) is 60.9 Å². The standard InChI is InChI=1S/C17H13N3/c1-20-17-6-2-5-14(15(17)11-19-20)12-7-8-16-13(10-12)4-3-9-18-16/h2-11H,1H3. The number of rotatable bonds is 1. The van der Waals surface area contributed by atoms with E-state index in [0.29, 0.717) is 0 Å². The van der Waals surface area contributed by atoms with Crippen molar-refractivity contribution in [1.29, 1.82) is 0 Å². The largest absolute Gasteiger partial charge is 0.268 e. The fraction of sp³-hybridized carbons (Fsp3) is 0.0588. The zero-order valence-electron chi connectivity index (χ0n) is 11.1. The topological polar surface area (TPSA) is 30.7 Å². The minimum absolute atomic E-state index is 1.02. The van der Waals surface area contributed by atoms with E-state index < -0.39 is 0 Å². The molecule has 3 nitrogen and oxygen atoms in total. The Bertz CT molecular complexity index is 922. The first-order chi connectivity index (χ1) is 9.83. The Hall–Kier alpha value is -2.68. The summed E-state index contributed by atoms with van der Waals surface area (Å²) in [6.07, 6.45) is 3.75. The second kappa shape index (κ2) is 4.17. The lowest BCUT2D eigenvalue weighted by Gasteiger charge is -2.05. The summed E-state index contributed by atoms with van der Waals surface area (Å²) in [4.78, 5) is 4.37. The van der Waals surface area contributed by atoms with Crippen LogP contribution in [0, 0.1) is 0 Å². The van der Waals surface area contributed by atoms with Gasteiger partial charge in [-0.15, -0.1) is 0 Å². The van der Waals surface area contributed by atoms with Crippen molar-refractivity contribution in [1.82, 2.24) is 14.8 Å². The number of nitrogens with zero attached hydrogens (tertiary/aromatic N) is 3. The van der Waals surface area contributed by atoms with Crippen molar-refractivity contribution in [2.45, 2.75) is 0 Å². The molecule has 0 aliphatic carbocycles. The van der Waals surface area contributed by atoms with E-state index in [1.165, 1.54) is 16.5 Å². The zero-order chi connectivity index (χ0) is 13.5.